The number of nitrogens with one attached hydrogen (secondary N) is 3. The lowest BCUT2D eigenvalue weighted by Gasteiger charge is -2.27. The van der Waals surface area contributed by atoms with Gasteiger partial charge >= 0.3 is 6.03 Å². The smallest absolute Gasteiger partial charge is 0.319 e. The molecule has 130 valence electrons. The molecule has 3 amide bonds. The van der Waals surface area contributed by atoms with E-state index in [0.29, 0.717) is 17.5 Å². The van der Waals surface area contributed by atoms with Gasteiger partial charge in [-0.15, -0.1) is 0 Å². The maximum atomic E-state index is 12.5. The first-order valence-electron chi connectivity index (χ1n) is 8.68. The standard InChI is InChI=1S/C18H26N4O2/c1-10(2)20-18(24)22-14-7-5-13(6-8-14)21-17(23)15-11-3-4-12(9-11)16(15)19/h5-8,10-12,15-16H,3-4,9,19H2,1-2H3,(H,21,23)(H2,20,22,24). The third-order valence-corrected chi connectivity index (χ3v) is 5.11. The number of nitrogens with two attached hydrogens (primary N) is 1. The predicted molar refractivity (Wildman–Crippen MR) is 94.7 cm³/mol. The van der Waals surface area contributed by atoms with E-state index >= 15 is 0 Å². The Bertz CT molecular complexity index is 612. The van der Waals surface area contributed by atoms with Crippen LogP contribution in [0.25, 0.3) is 0 Å². The van der Waals surface area contributed by atoms with Gasteiger partial charge in [-0.05, 0) is 69.2 Å². The quantitative estimate of drug-likeness (QED) is 0.683. The molecule has 1 aromatic rings. The minimum Gasteiger partial charge on any atom is -0.336 e. The van der Waals surface area contributed by atoms with Crippen LogP contribution in [0, 0.1) is 17.8 Å². The monoisotopic (exact) mass is 330 g/mol. The maximum absolute atomic E-state index is 12.5. The van der Waals surface area contributed by atoms with Crippen molar-refractivity contribution in [3.63, 3.8) is 0 Å². The van der Waals surface area contributed by atoms with E-state index in [2.05, 4.69) is 16.0 Å². The Morgan fingerprint density at radius 2 is 1.62 bits per heavy atom. The highest BCUT2D eigenvalue weighted by Gasteiger charge is 2.49. The lowest BCUT2D eigenvalue weighted by molar-refractivity contribution is -0.121. The Kier molecular flexibility index (Phi) is 4.76. The zero-order chi connectivity index (χ0) is 17.3. The average molecular weight is 330 g/mol. The van der Waals surface area contributed by atoms with Crippen LogP contribution >= 0.6 is 0 Å². The summed E-state index contributed by atoms with van der Waals surface area (Å²) < 4.78 is 0. The van der Waals surface area contributed by atoms with Crippen LogP contribution in [-0.4, -0.2) is 24.0 Å². The fourth-order valence-corrected chi connectivity index (χ4v) is 4.02. The van der Waals surface area contributed by atoms with Gasteiger partial charge in [0.05, 0.1) is 5.92 Å². The highest BCUT2D eigenvalue weighted by atomic mass is 16.2. The maximum Gasteiger partial charge on any atom is 0.319 e. The average Bonchev–Trinajstić information content (AvgIpc) is 3.09. The largest absolute Gasteiger partial charge is 0.336 e. The molecule has 2 aliphatic carbocycles. The van der Waals surface area contributed by atoms with E-state index < -0.39 is 0 Å². The van der Waals surface area contributed by atoms with Crippen LogP contribution < -0.4 is 21.7 Å². The Labute approximate surface area is 142 Å². The first-order valence-corrected chi connectivity index (χ1v) is 8.68. The molecule has 6 heteroatoms. The first kappa shape index (κ1) is 16.8. The molecule has 2 aliphatic rings. The topological polar surface area (TPSA) is 96.2 Å². The van der Waals surface area contributed by atoms with Crippen LogP contribution in [0.15, 0.2) is 24.3 Å². The van der Waals surface area contributed by atoms with E-state index in [4.69, 9.17) is 5.73 Å². The van der Waals surface area contributed by atoms with E-state index in [1.54, 1.807) is 24.3 Å². The van der Waals surface area contributed by atoms with Crippen LogP contribution in [-0.2, 0) is 4.79 Å². The van der Waals surface area contributed by atoms with Crippen LogP contribution in [0.5, 0.6) is 0 Å². The molecular weight excluding hydrogens is 304 g/mol. The molecule has 4 atom stereocenters. The van der Waals surface area contributed by atoms with Crippen molar-refractivity contribution in [3.8, 4) is 0 Å². The second kappa shape index (κ2) is 6.81. The fourth-order valence-electron chi connectivity index (χ4n) is 4.02. The zero-order valence-corrected chi connectivity index (χ0v) is 14.2. The molecule has 3 rings (SSSR count). The van der Waals surface area contributed by atoms with Crippen molar-refractivity contribution < 1.29 is 9.59 Å². The van der Waals surface area contributed by atoms with Crippen molar-refractivity contribution >= 4 is 23.3 Å². The predicted octanol–water partition coefficient (Wildman–Crippen LogP) is 2.53. The van der Waals surface area contributed by atoms with Crippen LogP contribution in [0.2, 0.25) is 0 Å². The molecule has 0 aliphatic heterocycles. The van der Waals surface area contributed by atoms with Gasteiger partial charge in [0.2, 0.25) is 5.91 Å². The van der Waals surface area contributed by atoms with Crippen molar-refractivity contribution in [1.29, 1.82) is 0 Å². The van der Waals surface area contributed by atoms with Gasteiger partial charge in [0.15, 0.2) is 0 Å². The highest BCUT2D eigenvalue weighted by molar-refractivity contribution is 5.94. The van der Waals surface area contributed by atoms with Crippen molar-refractivity contribution in [3.05, 3.63) is 24.3 Å². The van der Waals surface area contributed by atoms with Gasteiger partial charge in [-0.3, -0.25) is 4.79 Å². The van der Waals surface area contributed by atoms with Gasteiger partial charge in [-0.25, -0.2) is 4.79 Å². The summed E-state index contributed by atoms with van der Waals surface area (Å²) in [7, 11) is 0. The molecule has 0 heterocycles. The lowest BCUT2D eigenvalue weighted by Crippen LogP contribution is -2.42. The normalized spacial score (nSPS) is 28.0. The minimum absolute atomic E-state index is 0.00980. The molecule has 6 nitrogen and oxygen atoms in total. The molecule has 2 fully saturated rings. The zero-order valence-electron chi connectivity index (χ0n) is 14.2. The van der Waals surface area contributed by atoms with Crippen LogP contribution in [0.3, 0.4) is 0 Å². The summed E-state index contributed by atoms with van der Waals surface area (Å²) in [6.45, 7) is 3.80. The van der Waals surface area contributed by atoms with Crippen molar-refractivity contribution in [2.45, 2.75) is 45.2 Å². The molecule has 5 N–H and O–H groups in total. The van der Waals surface area contributed by atoms with Gasteiger partial charge in [-0.2, -0.15) is 0 Å². The summed E-state index contributed by atoms with van der Waals surface area (Å²) in [5, 5.41) is 8.48. The third-order valence-electron chi connectivity index (χ3n) is 5.11. The Balaban J connectivity index is 1.56. The molecular formula is C18H26N4O2. The third kappa shape index (κ3) is 3.53. The number of carbonyl (C=O) groups is 2. The van der Waals surface area contributed by atoms with Crippen LogP contribution in [0.1, 0.15) is 33.1 Å². The summed E-state index contributed by atoms with van der Waals surface area (Å²) in [6.07, 6.45) is 3.37. The fraction of sp³-hybridized carbons (Fsp3) is 0.556. The number of urea groups is 1. The molecule has 0 spiro atoms. The van der Waals surface area contributed by atoms with E-state index in [1.807, 2.05) is 13.8 Å². The number of amides is 3. The number of fused-ring (bicyclic) bond motifs is 2. The lowest BCUT2D eigenvalue weighted by atomic mass is 9.84. The Morgan fingerprint density at radius 3 is 2.17 bits per heavy atom. The molecule has 0 radical (unpaired) electrons. The van der Waals surface area contributed by atoms with E-state index in [-0.39, 0.29) is 29.9 Å². The molecule has 0 saturated heterocycles. The van der Waals surface area contributed by atoms with Gasteiger partial charge in [-0.1, -0.05) is 0 Å². The number of rotatable bonds is 4. The van der Waals surface area contributed by atoms with Gasteiger partial charge in [0, 0.05) is 23.5 Å². The number of carbonyl (C=O) groups excluding carboxylic acids is 2. The number of hydrogen-bond acceptors (Lipinski definition) is 3. The van der Waals surface area contributed by atoms with E-state index in [1.165, 1.54) is 0 Å². The first-order chi connectivity index (χ1) is 11.4. The summed E-state index contributed by atoms with van der Waals surface area (Å²) in [6, 6.07) is 6.96. The van der Waals surface area contributed by atoms with Crippen molar-refractivity contribution in [2.75, 3.05) is 10.6 Å². The molecule has 4 unspecified atom stereocenters. The number of hydrogen-bond donors (Lipinski definition) is 4. The van der Waals surface area contributed by atoms with Gasteiger partial charge in [0.25, 0.3) is 0 Å². The van der Waals surface area contributed by atoms with Gasteiger partial charge in [0.1, 0.15) is 0 Å². The molecule has 1 aromatic carbocycles. The van der Waals surface area contributed by atoms with Crippen molar-refractivity contribution in [1.82, 2.24) is 5.32 Å². The summed E-state index contributed by atoms with van der Waals surface area (Å²) in [4.78, 5) is 24.2. The SMILES string of the molecule is CC(C)NC(=O)Nc1ccc(NC(=O)C2C3CCC(C3)C2N)cc1. The Hall–Kier alpha value is -2.08. The van der Waals surface area contributed by atoms with E-state index in [9.17, 15) is 9.59 Å². The van der Waals surface area contributed by atoms with E-state index in [0.717, 1.165) is 24.9 Å². The molecule has 24 heavy (non-hydrogen) atoms. The highest BCUT2D eigenvalue weighted by Crippen LogP contribution is 2.47. The molecule has 2 bridgehead atoms. The number of anilines is 2. The van der Waals surface area contributed by atoms with Crippen molar-refractivity contribution in [2.24, 2.45) is 23.5 Å². The minimum atomic E-state index is -0.241. The number of benzene rings is 1. The summed E-state index contributed by atoms with van der Waals surface area (Å²) in [5.74, 6) is 0.897. The Morgan fingerprint density at radius 1 is 1.04 bits per heavy atom. The summed E-state index contributed by atoms with van der Waals surface area (Å²) in [5.41, 5.74) is 7.63. The van der Waals surface area contributed by atoms with Gasteiger partial charge < -0.3 is 21.7 Å². The summed E-state index contributed by atoms with van der Waals surface area (Å²) >= 11 is 0. The molecule has 2 saturated carbocycles. The second-order valence-electron chi connectivity index (χ2n) is 7.26. The molecule has 0 aromatic heterocycles. The second-order valence-corrected chi connectivity index (χ2v) is 7.26. The van der Waals surface area contributed by atoms with Crippen LogP contribution in [0.4, 0.5) is 16.2 Å².